The van der Waals surface area contributed by atoms with E-state index in [1.165, 1.54) is 0 Å². The van der Waals surface area contributed by atoms with Crippen LogP contribution in [0.3, 0.4) is 0 Å². The highest BCUT2D eigenvalue weighted by atomic mass is 16.5. The monoisotopic (exact) mass is 299 g/mol. The van der Waals surface area contributed by atoms with E-state index in [-0.39, 0.29) is 6.03 Å². The van der Waals surface area contributed by atoms with Gasteiger partial charge >= 0.3 is 6.03 Å². The van der Waals surface area contributed by atoms with Crippen LogP contribution in [0, 0.1) is 6.92 Å². The van der Waals surface area contributed by atoms with Crippen LogP contribution < -0.4 is 21.1 Å². The van der Waals surface area contributed by atoms with Gasteiger partial charge in [-0.2, -0.15) is 0 Å². The third-order valence-corrected chi connectivity index (χ3v) is 3.14. The second kappa shape index (κ2) is 7.36. The Kier molecular flexibility index (Phi) is 5.25. The first-order valence-electron chi connectivity index (χ1n) is 7.21. The van der Waals surface area contributed by atoms with Gasteiger partial charge in [0.05, 0.1) is 18.0 Å². The van der Waals surface area contributed by atoms with Crippen molar-refractivity contribution in [3.63, 3.8) is 0 Å². The summed E-state index contributed by atoms with van der Waals surface area (Å²) in [6.45, 7) is 4.96. The molecule has 0 atom stereocenters. The summed E-state index contributed by atoms with van der Waals surface area (Å²) in [6, 6.07) is 12.8. The van der Waals surface area contributed by atoms with Gasteiger partial charge in [0.15, 0.2) is 0 Å². The number of nitrogens with two attached hydrogens (primary N) is 1. The Labute approximate surface area is 130 Å². The van der Waals surface area contributed by atoms with Crippen molar-refractivity contribution in [2.45, 2.75) is 20.4 Å². The number of carbonyl (C=O) groups is 1. The number of carbonyl (C=O) groups excluding carboxylic acids is 1. The zero-order chi connectivity index (χ0) is 15.9. The molecule has 0 aliphatic carbocycles. The van der Waals surface area contributed by atoms with Crippen LogP contribution >= 0.6 is 0 Å². The van der Waals surface area contributed by atoms with E-state index in [9.17, 15) is 4.79 Å². The number of nitrogens with one attached hydrogen (secondary N) is 2. The van der Waals surface area contributed by atoms with Crippen LogP contribution in [0.2, 0.25) is 0 Å². The average Bonchev–Trinajstić information content (AvgIpc) is 2.50. The second-order valence-corrected chi connectivity index (χ2v) is 4.98. The first-order chi connectivity index (χ1) is 10.6. The van der Waals surface area contributed by atoms with E-state index >= 15 is 0 Å². The molecule has 0 fully saturated rings. The van der Waals surface area contributed by atoms with Crippen LogP contribution in [0.25, 0.3) is 0 Å². The number of hydrogen-bond acceptors (Lipinski definition) is 3. The number of ether oxygens (including phenoxy) is 1. The molecule has 0 aliphatic rings. The highest BCUT2D eigenvalue weighted by molar-refractivity contribution is 5.92. The van der Waals surface area contributed by atoms with Crippen molar-refractivity contribution in [3.05, 3.63) is 53.6 Å². The number of amides is 2. The Morgan fingerprint density at radius 2 is 1.91 bits per heavy atom. The molecule has 0 saturated carbocycles. The highest BCUT2D eigenvalue weighted by Crippen LogP contribution is 2.19. The van der Waals surface area contributed by atoms with Crippen molar-refractivity contribution in [1.82, 2.24) is 5.32 Å². The van der Waals surface area contributed by atoms with E-state index in [0.717, 1.165) is 16.9 Å². The summed E-state index contributed by atoms with van der Waals surface area (Å²) in [5.74, 6) is 0.822. The third-order valence-electron chi connectivity index (χ3n) is 3.14. The number of anilines is 2. The van der Waals surface area contributed by atoms with Crippen molar-refractivity contribution in [2.75, 3.05) is 17.7 Å². The molecule has 2 aromatic rings. The van der Waals surface area contributed by atoms with E-state index < -0.39 is 0 Å². The van der Waals surface area contributed by atoms with Gasteiger partial charge in [-0.3, -0.25) is 0 Å². The molecule has 0 unspecified atom stereocenters. The van der Waals surface area contributed by atoms with Crippen molar-refractivity contribution in [2.24, 2.45) is 0 Å². The Morgan fingerprint density at radius 1 is 1.18 bits per heavy atom. The van der Waals surface area contributed by atoms with Gasteiger partial charge in [0.25, 0.3) is 0 Å². The number of benzene rings is 2. The van der Waals surface area contributed by atoms with E-state index in [0.29, 0.717) is 24.5 Å². The highest BCUT2D eigenvalue weighted by Gasteiger charge is 2.05. The first kappa shape index (κ1) is 15.7. The normalized spacial score (nSPS) is 10.1. The van der Waals surface area contributed by atoms with Crippen LogP contribution in [0.4, 0.5) is 16.2 Å². The maximum absolute atomic E-state index is 11.9. The molecule has 0 spiro atoms. The van der Waals surface area contributed by atoms with Crippen molar-refractivity contribution in [1.29, 1.82) is 0 Å². The van der Waals surface area contributed by atoms with E-state index in [2.05, 4.69) is 10.6 Å². The molecule has 0 heterocycles. The molecule has 0 aromatic heterocycles. The summed E-state index contributed by atoms with van der Waals surface area (Å²) in [5, 5.41) is 5.53. The fourth-order valence-corrected chi connectivity index (χ4v) is 2.02. The first-order valence-corrected chi connectivity index (χ1v) is 7.21. The zero-order valence-electron chi connectivity index (χ0n) is 12.8. The molecule has 2 amide bonds. The molecule has 0 saturated heterocycles. The Hall–Kier alpha value is -2.69. The summed E-state index contributed by atoms with van der Waals surface area (Å²) in [6.07, 6.45) is 0. The number of urea groups is 1. The predicted molar refractivity (Wildman–Crippen MR) is 89.1 cm³/mol. The molecule has 22 heavy (non-hydrogen) atoms. The van der Waals surface area contributed by atoms with E-state index in [1.54, 1.807) is 6.07 Å². The van der Waals surface area contributed by atoms with Crippen LogP contribution in [0.15, 0.2) is 42.5 Å². The van der Waals surface area contributed by atoms with Crippen LogP contribution in [-0.2, 0) is 6.54 Å². The topological polar surface area (TPSA) is 76.4 Å². The van der Waals surface area contributed by atoms with Gasteiger partial charge in [0, 0.05) is 6.54 Å². The van der Waals surface area contributed by atoms with Crippen molar-refractivity contribution in [3.8, 4) is 5.75 Å². The molecular formula is C17H21N3O2. The summed E-state index contributed by atoms with van der Waals surface area (Å²) >= 11 is 0. The molecule has 4 N–H and O–H groups in total. The lowest BCUT2D eigenvalue weighted by Gasteiger charge is -2.10. The van der Waals surface area contributed by atoms with E-state index in [1.807, 2.05) is 50.2 Å². The van der Waals surface area contributed by atoms with Gasteiger partial charge in [0.2, 0.25) is 0 Å². The lowest BCUT2D eigenvalue weighted by Crippen LogP contribution is -2.28. The molecule has 0 bridgehead atoms. The number of aryl methyl sites for hydroxylation is 1. The minimum Gasteiger partial charge on any atom is -0.494 e. The maximum atomic E-state index is 11.9. The molecular weight excluding hydrogens is 278 g/mol. The van der Waals surface area contributed by atoms with Gasteiger partial charge < -0.3 is 21.1 Å². The quantitative estimate of drug-likeness (QED) is 0.741. The van der Waals surface area contributed by atoms with Gasteiger partial charge in [-0.05, 0) is 49.2 Å². The SMILES string of the molecule is CCOc1ccc(CNC(=O)Nc2ccc(C)cc2N)cc1. The summed E-state index contributed by atoms with van der Waals surface area (Å²) in [5.41, 5.74) is 9.07. The Bertz CT molecular complexity index is 639. The third kappa shape index (κ3) is 4.41. The molecule has 5 heteroatoms. The van der Waals surface area contributed by atoms with Crippen LogP contribution in [-0.4, -0.2) is 12.6 Å². The number of hydrogen-bond donors (Lipinski definition) is 3. The van der Waals surface area contributed by atoms with Gasteiger partial charge in [-0.1, -0.05) is 18.2 Å². The maximum Gasteiger partial charge on any atom is 0.319 e. The molecule has 2 rings (SSSR count). The van der Waals surface area contributed by atoms with Crippen molar-refractivity contribution < 1.29 is 9.53 Å². The standard InChI is InChI=1S/C17H21N3O2/c1-3-22-14-7-5-13(6-8-14)11-19-17(21)20-16-9-4-12(2)10-15(16)18/h4-10H,3,11,18H2,1-2H3,(H2,19,20,21). The lowest BCUT2D eigenvalue weighted by molar-refractivity contribution is 0.252. The van der Waals surface area contributed by atoms with Crippen LogP contribution in [0.5, 0.6) is 5.75 Å². The summed E-state index contributed by atoms with van der Waals surface area (Å²) < 4.78 is 5.37. The Morgan fingerprint density at radius 3 is 2.55 bits per heavy atom. The lowest BCUT2D eigenvalue weighted by atomic mass is 10.2. The molecule has 5 nitrogen and oxygen atoms in total. The average molecular weight is 299 g/mol. The van der Waals surface area contributed by atoms with Gasteiger partial charge in [-0.15, -0.1) is 0 Å². The predicted octanol–water partition coefficient (Wildman–Crippen LogP) is 3.30. The van der Waals surface area contributed by atoms with Crippen molar-refractivity contribution >= 4 is 17.4 Å². The fourth-order valence-electron chi connectivity index (χ4n) is 2.02. The van der Waals surface area contributed by atoms with Gasteiger partial charge in [-0.25, -0.2) is 4.79 Å². The smallest absolute Gasteiger partial charge is 0.319 e. The minimum atomic E-state index is -0.288. The fraction of sp³-hybridized carbons (Fsp3) is 0.235. The number of nitrogen functional groups attached to an aromatic ring is 1. The van der Waals surface area contributed by atoms with Crippen LogP contribution in [0.1, 0.15) is 18.1 Å². The zero-order valence-corrected chi connectivity index (χ0v) is 12.8. The molecule has 0 radical (unpaired) electrons. The second-order valence-electron chi connectivity index (χ2n) is 4.98. The summed E-state index contributed by atoms with van der Waals surface area (Å²) in [4.78, 5) is 11.9. The molecule has 116 valence electrons. The largest absolute Gasteiger partial charge is 0.494 e. The molecule has 0 aliphatic heterocycles. The van der Waals surface area contributed by atoms with Gasteiger partial charge in [0.1, 0.15) is 5.75 Å². The number of rotatable bonds is 5. The summed E-state index contributed by atoms with van der Waals surface area (Å²) in [7, 11) is 0. The molecule has 2 aromatic carbocycles. The Balaban J connectivity index is 1.87. The van der Waals surface area contributed by atoms with E-state index in [4.69, 9.17) is 10.5 Å². The minimum absolute atomic E-state index is 0.288.